The van der Waals surface area contributed by atoms with Crippen molar-refractivity contribution >= 4 is 29.3 Å². The van der Waals surface area contributed by atoms with Crippen LogP contribution in [0.4, 0.5) is 5.69 Å². The highest BCUT2D eigenvalue weighted by atomic mass is 35.5. The zero-order valence-electron chi connectivity index (χ0n) is 14.2. The molecular weight excluding hydrogens is 350 g/mol. The quantitative estimate of drug-likeness (QED) is 0.663. The highest BCUT2D eigenvalue weighted by Crippen LogP contribution is 2.17. The van der Waals surface area contributed by atoms with Crippen molar-refractivity contribution in [1.29, 1.82) is 0 Å². The predicted octanol–water partition coefficient (Wildman–Crippen LogP) is 4.25. The van der Waals surface area contributed by atoms with E-state index in [4.69, 9.17) is 16.3 Å². The van der Waals surface area contributed by atoms with E-state index in [0.717, 1.165) is 16.9 Å². The van der Waals surface area contributed by atoms with Gasteiger partial charge in [0.1, 0.15) is 5.75 Å². The smallest absolute Gasteiger partial charge is 0.248 e. The molecule has 6 heteroatoms. The van der Waals surface area contributed by atoms with Gasteiger partial charge in [-0.25, -0.2) is 0 Å². The van der Waals surface area contributed by atoms with Crippen molar-refractivity contribution in [2.24, 2.45) is 0 Å². The molecule has 0 saturated heterocycles. The highest BCUT2D eigenvalue weighted by Gasteiger charge is 2.04. The number of benzene rings is 2. The summed E-state index contributed by atoms with van der Waals surface area (Å²) in [6.45, 7) is 0.586. The molecule has 132 valence electrons. The number of nitrogens with zero attached hydrogens (tertiary/aromatic N) is 2. The van der Waals surface area contributed by atoms with Gasteiger partial charge >= 0.3 is 0 Å². The second kappa shape index (κ2) is 8.36. The van der Waals surface area contributed by atoms with Crippen molar-refractivity contribution < 1.29 is 9.53 Å². The van der Waals surface area contributed by atoms with Gasteiger partial charge < -0.3 is 10.1 Å². The molecule has 1 heterocycles. The van der Waals surface area contributed by atoms with Gasteiger partial charge in [0.2, 0.25) is 5.91 Å². The second-order valence-corrected chi connectivity index (χ2v) is 6.03. The first-order valence-electron chi connectivity index (χ1n) is 8.03. The lowest BCUT2D eigenvalue weighted by atomic mass is 10.2. The average molecular weight is 368 g/mol. The van der Waals surface area contributed by atoms with E-state index >= 15 is 0 Å². The van der Waals surface area contributed by atoms with Gasteiger partial charge in [0, 0.05) is 17.3 Å². The standard InChI is InChI=1S/C20H18ClN3O2/c1-26-18-7-4-5-15(11-18)13-24-14-17(12-22-24)23-20(25)10-9-16-6-2-3-8-19(16)21/h2-12,14H,13H2,1H3,(H,23,25)/b10-9+. The molecule has 3 rings (SSSR count). The molecule has 0 aliphatic carbocycles. The van der Waals surface area contributed by atoms with E-state index in [9.17, 15) is 4.79 Å². The summed E-state index contributed by atoms with van der Waals surface area (Å²) in [6, 6.07) is 15.1. The minimum Gasteiger partial charge on any atom is -0.497 e. The van der Waals surface area contributed by atoms with Gasteiger partial charge in [0.25, 0.3) is 0 Å². The fourth-order valence-corrected chi connectivity index (χ4v) is 2.63. The maximum absolute atomic E-state index is 12.1. The maximum atomic E-state index is 12.1. The van der Waals surface area contributed by atoms with Crippen LogP contribution < -0.4 is 10.1 Å². The van der Waals surface area contributed by atoms with Crippen molar-refractivity contribution in [3.63, 3.8) is 0 Å². The molecule has 0 atom stereocenters. The fourth-order valence-electron chi connectivity index (χ4n) is 2.43. The van der Waals surface area contributed by atoms with E-state index < -0.39 is 0 Å². The number of halogens is 1. The third-order valence-corrected chi connectivity index (χ3v) is 4.04. The number of rotatable bonds is 6. The van der Waals surface area contributed by atoms with Crippen LogP contribution in [0.2, 0.25) is 5.02 Å². The van der Waals surface area contributed by atoms with Crippen molar-refractivity contribution in [3.05, 3.63) is 83.2 Å². The summed E-state index contributed by atoms with van der Waals surface area (Å²) in [6.07, 6.45) is 6.51. The van der Waals surface area contributed by atoms with Crippen LogP contribution >= 0.6 is 11.6 Å². The number of ether oxygens (including phenoxy) is 1. The minimum absolute atomic E-state index is 0.245. The third-order valence-electron chi connectivity index (χ3n) is 3.70. The zero-order chi connectivity index (χ0) is 18.4. The third kappa shape index (κ3) is 4.74. The van der Waals surface area contributed by atoms with Crippen LogP contribution in [0.25, 0.3) is 6.08 Å². The molecule has 5 nitrogen and oxygen atoms in total. The van der Waals surface area contributed by atoms with E-state index in [0.29, 0.717) is 17.3 Å². The van der Waals surface area contributed by atoms with Gasteiger partial charge in [0.15, 0.2) is 0 Å². The number of hydrogen-bond donors (Lipinski definition) is 1. The first-order valence-corrected chi connectivity index (χ1v) is 8.41. The lowest BCUT2D eigenvalue weighted by molar-refractivity contribution is -0.111. The summed E-state index contributed by atoms with van der Waals surface area (Å²) in [7, 11) is 1.64. The Morgan fingerprint density at radius 2 is 2.12 bits per heavy atom. The molecule has 0 radical (unpaired) electrons. The number of hydrogen-bond acceptors (Lipinski definition) is 3. The van der Waals surface area contributed by atoms with Gasteiger partial charge in [-0.1, -0.05) is 41.9 Å². The Morgan fingerprint density at radius 3 is 2.92 bits per heavy atom. The van der Waals surface area contributed by atoms with Gasteiger partial charge in [-0.2, -0.15) is 5.10 Å². The zero-order valence-corrected chi connectivity index (χ0v) is 15.0. The number of nitrogens with one attached hydrogen (secondary N) is 1. The van der Waals surface area contributed by atoms with Crippen LogP contribution in [-0.4, -0.2) is 22.8 Å². The molecule has 0 aliphatic rings. The molecule has 1 amide bonds. The van der Waals surface area contributed by atoms with Gasteiger partial charge in [-0.3, -0.25) is 9.48 Å². The van der Waals surface area contributed by atoms with Crippen molar-refractivity contribution in [2.75, 3.05) is 12.4 Å². The van der Waals surface area contributed by atoms with Crippen molar-refractivity contribution in [1.82, 2.24) is 9.78 Å². The molecule has 0 unspecified atom stereocenters. The SMILES string of the molecule is COc1cccc(Cn2cc(NC(=O)/C=C/c3ccccc3Cl)cn2)c1. The van der Waals surface area contributed by atoms with Crippen LogP contribution in [0.5, 0.6) is 5.75 Å². The summed E-state index contributed by atoms with van der Waals surface area (Å²) in [5, 5.41) is 7.65. The van der Waals surface area contributed by atoms with Gasteiger partial charge in [0.05, 0.1) is 25.5 Å². The Bertz CT molecular complexity index is 934. The van der Waals surface area contributed by atoms with Crippen LogP contribution in [0.15, 0.2) is 67.0 Å². The molecule has 0 bridgehead atoms. The molecule has 0 spiro atoms. The van der Waals surface area contributed by atoms with Crippen LogP contribution in [-0.2, 0) is 11.3 Å². The number of aromatic nitrogens is 2. The summed E-state index contributed by atoms with van der Waals surface area (Å²) >= 11 is 6.06. The van der Waals surface area contributed by atoms with Gasteiger partial charge in [-0.15, -0.1) is 0 Å². The average Bonchev–Trinajstić information content (AvgIpc) is 3.08. The minimum atomic E-state index is -0.245. The number of carbonyl (C=O) groups is 1. The first-order chi connectivity index (χ1) is 12.6. The summed E-state index contributed by atoms with van der Waals surface area (Å²) < 4.78 is 6.97. The van der Waals surface area contributed by atoms with E-state index in [-0.39, 0.29) is 5.91 Å². The largest absolute Gasteiger partial charge is 0.497 e. The maximum Gasteiger partial charge on any atom is 0.248 e. The second-order valence-electron chi connectivity index (χ2n) is 5.62. The molecule has 0 aliphatic heterocycles. The Kier molecular flexibility index (Phi) is 5.71. The monoisotopic (exact) mass is 367 g/mol. The Hall–Kier alpha value is -3.05. The highest BCUT2D eigenvalue weighted by molar-refractivity contribution is 6.32. The number of anilines is 1. The first kappa shape index (κ1) is 17.8. The molecule has 2 aromatic carbocycles. The van der Waals surface area contributed by atoms with E-state index in [1.54, 1.807) is 36.3 Å². The van der Waals surface area contributed by atoms with E-state index in [1.807, 2.05) is 42.5 Å². The number of methoxy groups -OCH3 is 1. The Morgan fingerprint density at radius 1 is 1.27 bits per heavy atom. The van der Waals surface area contributed by atoms with E-state index in [1.165, 1.54) is 6.08 Å². The van der Waals surface area contributed by atoms with Crippen molar-refractivity contribution in [2.45, 2.75) is 6.54 Å². The van der Waals surface area contributed by atoms with E-state index in [2.05, 4.69) is 10.4 Å². The lowest BCUT2D eigenvalue weighted by Crippen LogP contribution is -2.07. The summed E-state index contributed by atoms with van der Waals surface area (Å²) in [4.78, 5) is 12.1. The Labute approximate surface area is 156 Å². The molecule has 26 heavy (non-hydrogen) atoms. The van der Waals surface area contributed by atoms with Crippen LogP contribution in [0.1, 0.15) is 11.1 Å². The predicted molar refractivity (Wildman–Crippen MR) is 103 cm³/mol. The van der Waals surface area contributed by atoms with Crippen molar-refractivity contribution in [3.8, 4) is 5.75 Å². The van der Waals surface area contributed by atoms with Gasteiger partial charge in [-0.05, 0) is 35.4 Å². The fraction of sp³-hybridized carbons (Fsp3) is 0.100. The molecule has 0 saturated carbocycles. The number of amides is 1. The normalized spacial score (nSPS) is 10.8. The number of carbonyl (C=O) groups excluding carboxylic acids is 1. The summed E-state index contributed by atoms with van der Waals surface area (Å²) in [5.74, 6) is 0.554. The topological polar surface area (TPSA) is 56.1 Å². The van der Waals surface area contributed by atoms with Crippen LogP contribution in [0.3, 0.4) is 0 Å². The summed E-state index contributed by atoms with van der Waals surface area (Å²) in [5.41, 5.74) is 2.48. The molecule has 3 aromatic rings. The van der Waals surface area contributed by atoms with Crippen LogP contribution in [0, 0.1) is 0 Å². The lowest BCUT2D eigenvalue weighted by Gasteiger charge is -2.04. The molecular formula is C20H18ClN3O2. The molecule has 0 fully saturated rings. The molecule has 1 aromatic heterocycles. The molecule has 1 N–H and O–H groups in total. The Balaban J connectivity index is 1.61.